The molecule has 0 bridgehead atoms. The quantitative estimate of drug-likeness (QED) is 0.505. The molecular weight excluding hydrogens is 276 g/mol. The molecule has 0 fully saturated rings. The molecule has 2 aromatic rings. The highest BCUT2D eigenvalue weighted by atomic mass is 16.5. The van der Waals surface area contributed by atoms with Crippen LogP contribution in [-0.4, -0.2) is 22.5 Å². The van der Waals surface area contributed by atoms with Crippen molar-refractivity contribution in [1.82, 2.24) is 9.66 Å². The third-order valence-corrected chi connectivity index (χ3v) is 2.93. The monoisotopic (exact) mass is 294 g/mol. The predicted molar refractivity (Wildman–Crippen MR) is 89.0 cm³/mol. The fraction of sp³-hybridized carbons (Fsp3) is 0.176. The van der Waals surface area contributed by atoms with Crippen molar-refractivity contribution in [2.45, 2.75) is 13.3 Å². The summed E-state index contributed by atoms with van der Waals surface area (Å²) < 4.78 is 7.05. The Hall–Kier alpha value is -3.00. The molecule has 0 aliphatic heterocycles. The minimum absolute atomic E-state index is 0.239. The van der Waals surface area contributed by atoms with Gasteiger partial charge in [-0.2, -0.15) is 5.10 Å². The topological polar surface area (TPSA) is 65.4 Å². The summed E-state index contributed by atoms with van der Waals surface area (Å²) in [5.41, 5.74) is 8.50. The van der Waals surface area contributed by atoms with E-state index >= 15 is 0 Å². The average Bonchev–Trinajstić information content (AvgIpc) is 2.82. The van der Waals surface area contributed by atoms with E-state index in [1.54, 1.807) is 12.4 Å². The number of hydrogen-bond acceptors (Lipinski definition) is 4. The second-order valence-corrected chi connectivity index (χ2v) is 4.68. The first-order valence-electron chi connectivity index (χ1n) is 6.80. The van der Waals surface area contributed by atoms with Gasteiger partial charge in [0, 0.05) is 0 Å². The molecule has 0 saturated heterocycles. The van der Waals surface area contributed by atoms with Gasteiger partial charge in [0.15, 0.2) is 0 Å². The molecule has 0 aliphatic rings. The van der Waals surface area contributed by atoms with Gasteiger partial charge in [-0.25, -0.2) is 9.66 Å². The van der Waals surface area contributed by atoms with Crippen molar-refractivity contribution >= 4 is 12.2 Å². The zero-order valence-electron chi connectivity index (χ0n) is 12.5. The summed E-state index contributed by atoms with van der Waals surface area (Å²) in [6.45, 7) is 5.86. The lowest BCUT2D eigenvalue weighted by Gasteiger charge is -2.09. The highest BCUT2D eigenvalue weighted by molar-refractivity contribution is 5.80. The number of aromatic nitrogens is 2. The molecule has 0 radical (unpaired) electrons. The van der Waals surface area contributed by atoms with Crippen LogP contribution in [0.3, 0.4) is 0 Å². The van der Waals surface area contributed by atoms with Crippen LogP contribution in [-0.2, 0) is 6.42 Å². The molecule has 0 atom stereocenters. The molecule has 0 unspecified atom stereocenters. The van der Waals surface area contributed by atoms with Crippen LogP contribution in [0.4, 0.5) is 5.95 Å². The van der Waals surface area contributed by atoms with Crippen LogP contribution >= 0.6 is 0 Å². The van der Waals surface area contributed by atoms with Crippen LogP contribution in [0.2, 0.25) is 0 Å². The van der Waals surface area contributed by atoms with Gasteiger partial charge in [0.25, 0.3) is 0 Å². The molecule has 1 heterocycles. The molecule has 22 heavy (non-hydrogen) atoms. The van der Waals surface area contributed by atoms with E-state index < -0.39 is 0 Å². The zero-order valence-corrected chi connectivity index (χ0v) is 12.5. The largest absolute Gasteiger partial charge is 0.481 e. The third kappa shape index (κ3) is 3.76. The molecule has 2 rings (SSSR count). The summed E-state index contributed by atoms with van der Waals surface area (Å²) in [6, 6.07) is 5.76. The van der Waals surface area contributed by atoms with Crippen LogP contribution in [0.25, 0.3) is 0 Å². The van der Waals surface area contributed by atoms with Crippen molar-refractivity contribution in [2.75, 3.05) is 12.3 Å². The van der Waals surface area contributed by atoms with Crippen LogP contribution in [0.5, 0.6) is 5.75 Å². The normalized spacial score (nSPS) is 10.5. The van der Waals surface area contributed by atoms with E-state index in [9.17, 15) is 0 Å². The van der Waals surface area contributed by atoms with Crippen molar-refractivity contribution in [2.24, 2.45) is 5.10 Å². The number of nitrogens with zero attached hydrogens (tertiary/aromatic N) is 3. The van der Waals surface area contributed by atoms with E-state index in [1.165, 1.54) is 4.68 Å². The van der Waals surface area contributed by atoms with E-state index in [0.29, 0.717) is 12.4 Å². The molecule has 5 nitrogen and oxygen atoms in total. The first kappa shape index (κ1) is 15.4. The zero-order chi connectivity index (χ0) is 15.9. The Morgan fingerprint density at radius 1 is 1.55 bits per heavy atom. The Balaban J connectivity index is 2.24. The second-order valence-electron chi connectivity index (χ2n) is 4.68. The molecule has 1 aromatic carbocycles. The van der Waals surface area contributed by atoms with E-state index in [-0.39, 0.29) is 6.61 Å². The SMILES string of the molecule is C#CCOc1ccc(C=Nn2cc(C)nc2N)cc1CC=C. The molecular formula is C17H18N4O. The Morgan fingerprint density at radius 3 is 3.00 bits per heavy atom. The van der Waals surface area contributed by atoms with Gasteiger partial charge in [-0.3, -0.25) is 0 Å². The fourth-order valence-corrected chi connectivity index (χ4v) is 1.98. The van der Waals surface area contributed by atoms with E-state index in [2.05, 4.69) is 22.6 Å². The molecule has 2 N–H and O–H groups in total. The lowest BCUT2D eigenvalue weighted by molar-refractivity contribution is 0.367. The van der Waals surface area contributed by atoms with Crippen LogP contribution in [0, 0.1) is 19.3 Å². The molecule has 112 valence electrons. The number of imidazole rings is 1. The second kappa shape index (κ2) is 7.14. The number of benzene rings is 1. The standard InChI is InChI=1S/C17H18N4O/c1-4-6-15-10-14(7-8-16(15)22-9-5-2)11-19-21-12-13(3)20-17(21)18/h2,4,7-8,10-12H,1,6,9H2,3H3,(H2,18,20). The van der Waals surface area contributed by atoms with E-state index in [0.717, 1.165) is 22.6 Å². The number of nitrogens with two attached hydrogens (primary N) is 1. The van der Waals surface area contributed by atoms with Gasteiger partial charge < -0.3 is 10.5 Å². The number of anilines is 1. The number of ether oxygens (including phenoxy) is 1. The summed E-state index contributed by atoms with van der Waals surface area (Å²) in [4.78, 5) is 4.09. The Kier molecular flexibility index (Phi) is 4.99. The number of aryl methyl sites for hydroxylation is 1. The van der Waals surface area contributed by atoms with Gasteiger partial charge in [0.1, 0.15) is 12.4 Å². The van der Waals surface area contributed by atoms with Crippen LogP contribution in [0.1, 0.15) is 16.8 Å². The van der Waals surface area contributed by atoms with Crippen LogP contribution < -0.4 is 10.5 Å². The van der Waals surface area contributed by atoms with Gasteiger partial charge in [-0.1, -0.05) is 12.0 Å². The highest BCUT2D eigenvalue weighted by Crippen LogP contribution is 2.20. The maximum atomic E-state index is 5.75. The minimum Gasteiger partial charge on any atom is -0.481 e. The van der Waals surface area contributed by atoms with Gasteiger partial charge in [0.2, 0.25) is 5.95 Å². The summed E-state index contributed by atoms with van der Waals surface area (Å²) in [6.07, 6.45) is 11.2. The van der Waals surface area contributed by atoms with E-state index in [1.807, 2.05) is 31.2 Å². The molecule has 0 aliphatic carbocycles. The first-order valence-corrected chi connectivity index (χ1v) is 6.80. The molecule has 1 aromatic heterocycles. The van der Waals surface area contributed by atoms with Gasteiger partial charge in [-0.15, -0.1) is 13.0 Å². The first-order chi connectivity index (χ1) is 10.6. The summed E-state index contributed by atoms with van der Waals surface area (Å²) in [5, 5.41) is 4.30. The smallest absolute Gasteiger partial charge is 0.221 e. The molecule has 0 amide bonds. The maximum absolute atomic E-state index is 5.75. The van der Waals surface area contributed by atoms with Crippen molar-refractivity contribution in [3.63, 3.8) is 0 Å². The predicted octanol–water partition coefficient (Wildman–Crippen LogP) is 2.40. The summed E-state index contributed by atoms with van der Waals surface area (Å²) >= 11 is 0. The fourth-order valence-electron chi connectivity index (χ4n) is 1.98. The molecule has 5 heteroatoms. The lowest BCUT2D eigenvalue weighted by Crippen LogP contribution is -2.00. The van der Waals surface area contributed by atoms with Crippen molar-refractivity contribution in [1.29, 1.82) is 0 Å². The lowest BCUT2D eigenvalue weighted by atomic mass is 10.1. The maximum Gasteiger partial charge on any atom is 0.221 e. The Morgan fingerprint density at radius 2 is 2.36 bits per heavy atom. The number of allylic oxidation sites excluding steroid dienone is 1. The highest BCUT2D eigenvalue weighted by Gasteiger charge is 2.04. The van der Waals surface area contributed by atoms with Gasteiger partial charge in [0.05, 0.1) is 18.1 Å². The number of hydrogen-bond donors (Lipinski definition) is 1. The number of rotatable bonds is 6. The Labute approximate surface area is 130 Å². The minimum atomic E-state index is 0.239. The summed E-state index contributed by atoms with van der Waals surface area (Å²) in [7, 11) is 0. The van der Waals surface area contributed by atoms with Crippen LogP contribution in [0.15, 0.2) is 42.2 Å². The molecule has 0 saturated carbocycles. The van der Waals surface area contributed by atoms with E-state index in [4.69, 9.17) is 16.9 Å². The summed E-state index contributed by atoms with van der Waals surface area (Å²) in [5.74, 6) is 3.57. The van der Waals surface area contributed by atoms with Crippen molar-refractivity contribution < 1.29 is 4.74 Å². The van der Waals surface area contributed by atoms with Crippen molar-refractivity contribution in [3.05, 3.63) is 53.9 Å². The number of nitrogen functional groups attached to an aromatic ring is 1. The number of terminal acetylenes is 1. The van der Waals surface area contributed by atoms with Crippen molar-refractivity contribution in [3.8, 4) is 18.1 Å². The van der Waals surface area contributed by atoms with Gasteiger partial charge >= 0.3 is 0 Å². The third-order valence-electron chi connectivity index (χ3n) is 2.93. The Bertz CT molecular complexity index is 738. The van der Waals surface area contributed by atoms with Gasteiger partial charge in [-0.05, 0) is 42.7 Å². The molecule has 0 spiro atoms. The average molecular weight is 294 g/mol.